The number of nitrogen functional groups attached to an aromatic ring is 1. The zero-order valence-electron chi connectivity index (χ0n) is 13.3. The van der Waals surface area contributed by atoms with Gasteiger partial charge >= 0.3 is 0 Å². The summed E-state index contributed by atoms with van der Waals surface area (Å²) < 4.78 is 5.56. The fourth-order valence-electron chi connectivity index (χ4n) is 2.54. The van der Waals surface area contributed by atoms with E-state index in [1.807, 2.05) is 37.3 Å². The quantitative estimate of drug-likeness (QED) is 0.750. The van der Waals surface area contributed by atoms with Gasteiger partial charge in [-0.05, 0) is 48.7 Å². The van der Waals surface area contributed by atoms with E-state index >= 15 is 0 Å². The number of nitrogens with zero attached hydrogens (tertiary/aromatic N) is 2. The number of hydrogen-bond donors (Lipinski definition) is 2. The third-order valence-electron chi connectivity index (χ3n) is 3.67. The number of ether oxygens (including phenoxy) is 1. The van der Waals surface area contributed by atoms with E-state index in [1.54, 1.807) is 12.1 Å². The second-order valence-corrected chi connectivity index (χ2v) is 5.41. The van der Waals surface area contributed by atoms with Gasteiger partial charge in [-0.1, -0.05) is 18.2 Å². The number of benzene rings is 2. The molecule has 0 atom stereocenters. The average Bonchev–Trinajstić information content (AvgIpc) is 2.56. The topological polar surface area (TPSA) is 104 Å². The van der Waals surface area contributed by atoms with Gasteiger partial charge in [0.1, 0.15) is 0 Å². The molecule has 0 aliphatic rings. The third-order valence-corrected chi connectivity index (χ3v) is 3.67. The molecule has 6 heteroatoms. The number of amides is 1. The Morgan fingerprint density at radius 3 is 2.46 bits per heavy atom. The van der Waals surface area contributed by atoms with Crippen LogP contribution in [0.3, 0.4) is 0 Å². The van der Waals surface area contributed by atoms with Crippen LogP contribution in [-0.4, -0.2) is 22.5 Å². The summed E-state index contributed by atoms with van der Waals surface area (Å²) in [4.78, 5) is 19.5. The van der Waals surface area contributed by atoms with Gasteiger partial charge < -0.3 is 16.2 Å². The lowest BCUT2D eigenvalue weighted by Gasteiger charge is -2.09. The summed E-state index contributed by atoms with van der Waals surface area (Å²) in [6.45, 7) is 2.40. The SMILES string of the molecule is CCOc1nc(N)nc2ccc(Cc3ccc(C(N)=O)cc3)cc12. The lowest BCUT2D eigenvalue weighted by molar-refractivity contribution is 0.100. The monoisotopic (exact) mass is 322 g/mol. The molecule has 0 bridgehead atoms. The summed E-state index contributed by atoms with van der Waals surface area (Å²) in [5.41, 5.74) is 14.4. The fraction of sp³-hybridized carbons (Fsp3) is 0.167. The Balaban J connectivity index is 1.93. The highest BCUT2D eigenvalue weighted by molar-refractivity contribution is 5.92. The molecular weight excluding hydrogens is 304 g/mol. The van der Waals surface area contributed by atoms with E-state index in [9.17, 15) is 4.79 Å². The molecule has 0 aliphatic heterocycles. The van der Waals surface area contributed by atoms with Crippen LogP contribution in [0.1, 0.15) is 28.4 Å². The van der Waals surface area contributed by atoms with Gasteiger partial charge in [-0.2, -0.15) is 4.98 Å². The van der Waals surface area contributed by atoms with Crippen molar-refractivity contribution in [3.05, 3.63) is 59.2 Å². The largest absolute Gasteiger partial charge is 0.477 e. The molecule has 122 valence electrons. The maximum atomic E-state index is 11.1. The first-order chi connectivity index (χ1) is 11.6. The number of nitrogens with two attached hydrogens (primary N) is 2. The van der Waals surface area contributed by atoms with Gasteiger partial charge in [0.05, 0.1) is 17.5 Å². The number of aromatic nitrogens is 2. The number of anilines is 1. The fourth-order valence-corrected chi connectivity index (χ4v) is 2.54. The maximum absolute atomic E-state index is 11.1. The normalized spacial score (nSPS) is 10.7. The summed E-state index contributed by atoms with van der Waals surface area (Å²) in [6.07, 6.45) is 0.713. The average molecular weight is 322 g/mol. The molecule has 6 nitrogen and oxygen atoms in total. The van der Waals surface area contributed by atoms with Crippen LogP contribution in [0.2, 0.25) is 0 Å². The van der Waals surface area contributed by atoms with Gasteiger partial charge in [0.15, 0.2) is 0 Å². The molecule has 0 saturated carbocycles. The maximum Gasteiger partial charge on any atom is 0.248 e. The zero-order chi connectivity index (χ0) is 17.1. The zero-order valence-corrected chi connectivity index (χ0v) is 13.3. The van der Waals surface area contributed by atoms with Crippen molar-refractivity contribution in [2.45, 2.75) is 13.3 Å². The third kappa shape index (κ3) is 3.27. The highest BCUT2D eigenvalue weighted by Gasteiger charge is 2.09. The van der Waals surface area contributed by atoms with Crippen LogP contribution in [0.25, 0.3) is 10.9 Å². The van der Waals surface area contributed by atoms with Gasteiger partial charge in [0, 0.05) is 5.56 Å². The Hall–Kier alpha value is -3.15. The molecule has 3 rings (SSSR count). The molecule has 0 aliphatic carbocycles. The van der Waals surface area contributed by atoms with Crippen molar-refractivity contribution >= 4 is 22.8 Å². The first kappa shape index (κ1) is 15.7. The van der Waals surface area contributed by atoms with E-state index in [-0.39, 0.29) is 5.95 Å². The predicted molar refractivity (Wildman–Crippen MR) is 92.9 cm³/mol. The van der Waals surface area contributed by atoms with Gasteiger partial charge in [0.2, 0.25) is 17.7 Å². The molecule has 4 N–H and O–H groups in total. The Labute approximate surface area is 139 Å². The van der Waals surface area contributed by atoms with E-state index in [4.69, 9.17) is 16.2 Å². The van der Waals surface area contributed by atoms with Crippen LogP contribution in [0, 0.1) is 0 Å². The van der Waals surface area contributed by atoms with Crippen molar-refractivity contribution < 1.29 is 9.53 Å². The van der Waals surface area contributed by atoms with Gasteiger partial charge in [-0.25, -0.2) is 4.98 Å². The number of rotatable bonds is 5. The second kappa shape index (κ2) is 6.54. The van der Waals surface area contributed by atoms with Crippen molar-refractivity contribution in [1.29, 1.82) is 0 Å². The number of carbonyl (C=O) groups excluding carboxylic acids is 1. The summed E-state index contributed by atoms with van der Waals surface area (Å²) in [5.74, 6) is 0.259. The highest BCUT2D eigenvalue weighted by atomic mass is 16.5. The number of carbonyl (C=O) groups is 1. The summed E-state index contributed by atoms with van der Waals surface area (Å²) >= 11 is 0. The van der Waals surface area contributed by atoms with Crippen molar-refractivity contribution in [3.8, 4) is 5.88 Å². The molecule has 0 spiro atoms. The van der Waals surface area contributed by atoms with E-state index in [0.717, 1.165) is 22.0 Å². The van der Waals surface area contributed by atoms with Crippen molar-refractivity contribution in [1.82, 2.24) is 9.97 Å². The molecule has 0 saturated heterocycles. The Kier molecular flexibility index (Phi) is 4.29. The first-order valence-corrected chi connectivity index (χ1v) is 7.64. The van der Waals surface area contributed by atoms with Crippen LogP contribution in [0.5, 0.6) is 5.88 Å². The van der Waals surface area contributed by atoms with Crippen LogP contribution in [0.4, 0.5) is 5.95 Å². The summed E-state index contributed by atoms with van der Waals surface area (Å²) in [5, 5.41) is 0.831. The van der Waals surface area contributed by atoms with Crippen LogP contribution in [-0.2, 0) is 6.42 Å². The Morgan fingerprint density at radius 1 is 1.08 bits per heavy atom. The van der Waals surface area contributed by atoms with Gasteiger partial charge in [0.25, 0.3) is 0 Å². The number of primary amides is 1. The first-order valence-electron chi connectivity index (χ1n) is 7.64. The van der Waals surface area contributed by atoms with E-state index < -0.39 is 5.91 Å². The highest BCUT2D eigenvalue weighted by Crippen LogP contribution is 2.25. The molecule has 3 aromatic rings. The number of fused-ring (bicyclic) bond motifs is 1. The standard InChI is InChI=1S/C18H18N4O2/c1-2-24-17-14-10-12(5-8-15(14)21-18(20)22-17)9-11-3-6-13(7-4-11)16(19)23/h3-8,10H,2,9H2,1H3,(H2,19,23)(H2,20,21,22). The smallest absolute Gasteiger partial charge is 0.248 e. The number of hydrogen-bond acceptors (Lipinski definition) is 5. The van der Waals surface area contributed by atoms with Crippen molar-refractivity contribution in [3.63, 3.8) is 0 Å². The van der Waals surface area contributed by atoms with E-state index in [2.05, 4.69) is 9.97 Å². The minimum atomic E-state index is -0.427. The molecule has 1 amide bonds. The van der Waals surface area contributed by atoms with Crippen LogP contribution in [0.15, 0.2) is 42.5 Å². The lowest BCUT2D eigenvalue weighted by Crippen LogP contribution is -2.10. The Morgan fingerprint density at radius 2 is 1.79 bits per heavy atom. The van der Waals surface area contributed by atoms with E-state index in [0.29, 0.717) is 24.5 Å². The van der Waals surface area contributed by atoms with Gasteiger partial charge in [-0.3, -0.25) is 4.79 Å². The van der Waals surface area contributed by atoms with Crippen LogP contribution < -0.4 is 16.2 Å². The van der Waals surface area contributed by atoms with Crippen molar-refractivity contribution in [2.75, 3.05) is 12.3 Å². The molecule has 0 fully saturated rings. The van der Waals surface area contributed by atoms with Gasteiger partial charge in [-0.15, -0.1) is 0 Å². The lowest BCUT2D eigenvalue weighted by atomic mass is 10.0. The van der Waals surface area contributed by atoms with E-state index in [1.165, 1.54) is 0 Å². The molecular formula is C18H18N4O2. The minimum Gasteiger partial charge on any atom is -0.477 e. The molecule has 24 heavy (non-hydrogen) atoms. The van der Waals surface area contributed by atoms with Crippen LogP contribution >= 0.6 is 0 Å². The summed E-state index contributed by atoms with van der Waals surface area (Å²) in [7, 11) is 0. The van der Waals surface area contributed by atoms with Crippen molar-refractivity contribution in [2.24, 2.45) is 5.73 Å². The molecule has 2 aromatic carbocycles. The summed E-state index contributed by atoms with van der Waals surface area (Å²) in [6, 6.07) is 13.2. The molecule has 1 aromatic heterocycles. The minimum absolute atomic E-state index is 0.195. The molecule has 1 heterocycles. The predicted octanol–water partition coefficient (Wildman–Crippen LogP) is 2.30. The molecule has 0 radical (unpaired) electrons. The molecule has 0 unspecified atom stereocenters. The Bertz CT molecular complexity index is 891. The second-order valence-electron chi connectivity index (χ2n) is 5.41.